The summed E-state index contributed by atoms with van der Waals surface area (Å²) in [4.78, 5) is 4.43. The zero-order valence-corrected chi connectivity index (χ0v) is 10.3. The van der Waals surface area contributed by atoms with Crippen molar-refractivity contribution < 1.29 is 9.47 Å². The van der Waals surface area contributed by atoms with E-state index in [4.69, 9.17) is 9.47 Å². The highest BCUT2D eigenvalue weighted by Crippen LogP contribution is 2.29. The number of benzene rings is 1. The summed E-state index contributed by atoms with van der Waals surface area (Å²) in [6.45, 7) is 0.794. The molecule has 0 saturated heterocycles. The minimum Gasteiger partial charge on any atom is -0.497 e. The molecule has 0 fully saturated rings. The van der Waals surface area contributed by atoms with Gasteiger partial charge in [-0.15, -0.1) is 0 Å². The van der Waals surface area contributed by atoms with Gasteiger partial charge in [0.05, 0.1) is 14.2 Å². The van der Waals surface area contributed by atoms with E-state index in [1.165, 1.54) is 0 Å². The predicted octanol–water partition coefficient (Wildman–Crippen LogP) is 1.97. The van der Waals surface area contributed by atoms with Crippen molar-refractivity contribution >= 4 is 10.9 Å². The van der Waals surface area contributed by atoms with Crippen LogP contribution in [0.1, 0.15) is 5.56 Å². The predicted molar refractivity (Wildman–Crippen MR) is 67.6 cm³/mol. The van der Waals surface area contributed by atoms with Crippen LogP contribution in [-0.2, 0) is 6.54 Å². The lowest BCUT2D eigenvalue weighted by Gasteiger charge is -2.09. The first-order chi connectivity index (χ1) is 8.28. The van der Waals surface area contributed by atoms with Gasteiger partial charge in [-0.05, 0) is 24.7 Å². The third-order valence-corrected chi connectivity index (χ3v) is 2.61. The molecule has 17 heavy (non-hydrogen) atoms. The molecule has 0 unspecified atom stereocenters. The summed E-state index contributed by atoms with van der Waals surface area (Å²) in [7, 11) is 5.19. The molecule has 2 aromatic rings. The van der Waals surface area contributed by atoms with Gasteiger partial charge in [-0.2, -0.15) is 0 Å². The van der Waals surface area contributed by atoms with Gasteiger partial charge in [0.25, 0.3) is 0 Å². The summed E-state index contributed by atoms with van der Waals surface area (Å²) in [5.41, 5.74) is 1.99. The standard InChI is InChI=1S/C13H16N2O2/c1-14-7-9-4-10-5-11(16-2)6-12(17-3)13(10)15-8-9/h4-6,8,14H,7H2,1-3H3. The molecule has 90 valence electrons. The Kier molecular flexibility index (Phi) is 3.44. The Morgan fingerprint density at radius 2 is 2.00 bits per heavy atom. The lowest BCUT2D eigenvalue weighted by atomic mass is 10.1. The number of methoxy groups -OCH3 is 2. The van der Waals surface area contributed by atoms with Crippen molar-refractivity contribution in [3.8, 4) is 11.5 Å². The third kappa shape index (κ3) is 2.31. The molecule has 1 heterocycles. The summed E-state index contributed by atoms with van der Waals surface area (Å²) < 4.78 is 10.6. The molecule has 0 aliphatic rings. The number of rotatable bonds is 4. The topological polar surface area (TPSA) is 43.4 Å². The van der Waals surface area contributed by atoms with Crippen LogP contribution in [0.4, 0.5) is 0 Å². The first kappa shape index (κ1) is 11.7. The van der Waals surface area contributed by atoms with E-state index in [0.717, 1.165) is 34.5 Å². The molecule has 0 bridgehead atoms. The van der Waals surface area contributed by atoms with Gasteiger partial charge < -0.3 is 14.8 Å². The molecule has 0 radical (unpaired) electrons. The van der Waals surface area contributed by atoms with Gasteiger partial charge in [-0.1, -0.05) is 0 Å². The van der Waals surface area contributed by atoms with E-state index in [9.17, 15) is 0 Å². The number of nitrogens with one attached hydrogen (secondary N) is 1. The smallest absolute Gasteiger partial charge is 0.148 e. The highest BCUT2D eigenvalue weighted by molar-refractivity contribution is 5.86. The second-order valence-electron chi connectivity index (χ2n) is 3.78. The van der Waals surface area contributed by atoms with Gasteiger partial charge in [0.2, 0.25) is 0 Å². The van der Waals surface area contributed by atoms with Crippen LogP contribution in [0.3, 0.4) is 0 Å². The van der Waals surface area contributed by atoms with Crippen LogP contribution >= 0.6 is 0 Å². The molecule has 0 atom stereocenters. The molecule has 0 spiro atoms. The van der Waals surface area contributed by atoms with Crippen molar-refractivity contribution in [2.75, 3.05) is 21.3 Å². The van der Waals surface area contributed by atoms with Crippen LogP contribution in [0, 0.1) is 0 Å². The van der Waals surface area contributed by atoms with Crippen molar-refractivity contribution in [3.05, 3.63) is 30.0 Å². The second kappa shape index (κ2) is 5.01. The van der Waals surface area contributed by atoms with Gasteiger partial charge in [0.15, 0.2) is 0 Å². The van der Waals surface area contributed by atoms with E-state index >= 15 is 0 Å². The number of aromatic nitrogens is 1. The molecular weight excluding hydrogens is 216 g/mol. The van der Waals surface area contributed by atoms with Gasteiger partial charge >= 0.3 is 0 Å². The van der Waals surface area contributed by atoms with Gasteiger partial charge in [-0.25, -0.2) is 0 Å². The number of hydrogen-bond donors (Lipinski definition) is 1. The van der Waals surface area contributed by atoms with E-state index in [1.807, 2.05) is 25.4 Å². The summed E-state index contributed by atoms with van der Waals surface area (Å²) in [6.07, 6.45) is 1.85. The lowest BCUT2D eigenvalue weighted by Crippen LogP contribution is -2.05. The number of nitrogens with zero attached hydrogens (tertiary/aromatic N) is 1. The van der Waals surface area contributed by atoms with Crippen LogP contribution < -0.4 is 14.8 Å². The van der Waals surface area contributed by atoms with Crippen molar-refractivity contribution in [2.24, 2.45) is 0 Å². The molecule has 0 saturated carbocycles. The van der Waals surface area contributed by atoms with Crippen molar-refractivity contribution in [3.63, 3.8) is 0 Å². The first-order valence-corrected chi connectivity index (χ1v) is 5.43. The number of hydrogen-bond acceptors (Lipinski definition) is 4. The number of pyridine rings is 1. The fraction of sp³-hybridized carbons (Fsp3) is 0.308. The quantitative estimate of drug-likeness (QED) is 0.875. The maximum absolute atomic E-state index is 5.31. The van der Waals surface area contributed by atoms with Crippen LogP contribution in [0.25, 0.3) is 10.9 Å². The minimum absolute atomic E-state index is 0.732. The highest BCUT2D eigenvalue weighted by atomic mass is 16.5. The minimum atomic E-state index is 0.732. The maximum atomic E-state index is 5.31. The molecule has 4 heteroatoms. The van der Waals surface area contributed by atoms with E-state index in [1.54, 1.807) is 14.2 Å². The summed E-state index contributed by atoms with van der Waals surface area (Å²) in [6, 6.07) is 5.89. The van der Waals surface area contributed by atoms with Crippen molar-refractivity contribution in [1.82, 2.24) is 10.3 Å². The van der Waals surface area contributed by atoms with E-state index < -0.39 is 0 Å². The zero-order valence-electron chi connectivity index (χ0n) is 10.3. The summed E-state index contributed by atoms with van der Waals surface area (Å²) >= 11 is 0. The SMILES string of the molecule is CNCc1cnc2c(OC)cc(OC)cc2c1. The maximum Gasteiger partial charge on any atom is 0.148 e. The summed E-state index contributed by atoms with van der Waals surface area (Å²) in [5, 5.41) is 4.13. The number of ether oxygens (including phenoxy) is 2. The van der Waals surface area contributed by atoms with Crippen molar-refractivity contribution in [2.45, 2.75) is 6.54 Å². The van der Waals surface area contributed by atoms with E-state index in [2.05, 4.69) is 16.4 Å². The fourth-order valence-corrected chi connectivity index (χ4v) is 1.81. The molecule has 1 aromatic heterocycles. The monoisotopic (exact) mass is 232 g/mol. The average Bonchev–Trinajstić information content (AvgIpc) is 2.37. The Balaban J connectivity index is 2.58. The average molecular weight is 232 g/mol. The van der Waals surface area contributed by atoms with Crippen molar-refractivity contribution in [1.29, 1.82) is 0 Å². The molecule has 1 aromatic carbocycles. The molecule has 0 aliphatic heterocycles. The molecule has 0 amide bonds. The van der Waals surface area contributed by atoms with Crippen LogP contribution in [-0.4, -0.2) is 26.3 Å². The van der Waals surface area contributed by atoms with E-state index in [0.29, 0.717) is 0 Å². The fourth-order valence-electron chi connectivity index (χ4n) is 1.81. The Hall–Kier alpha value is -1.81. The van der Waals surface area contributed by atoms with E-state index in [-0.39, 0.29) is 0 Å². The second-order valence-corrected chi connectivity index (χ2v) is 3.78. The highest BCUT2D eigenvalue weighted by Gasteiger charge is 2.07. The van der Waals surface area contributed by atoms with Crippen LogP contribution in [0.5, 0.6) is 11.5 Å². The van der Waals surface area contributed by atoms with Gasteiger partial charge in [0, 0.05) is 24.2 Å². The Morgan fingerprint density at radius 3 is 2.65 bits per heavy atom. The molecule has 1 N–H and O–H groups in total. The Labute approximate surface area is 101 Å². The third-order valence-electron chi connectivity index (χ3n) is 2.61. The normalized spacial score (nSPS) is 10.5. The largest absolute Gasteiger partial charge is 0.497 e. The van der Waals surface area contributed by atoms with Gasteiger partial charge in [0.1, 0.15) is 17.0 Å². The zero-order chi connectivity index (χ0) is 12.3. The summed E-state index contributed by atoms with van der Waals surface area (Å²) in [5.74, 6) is 1.51. The first-order valence-electron chi connectivity index (χ1n) is 5.43. The Morgan fingerprint density at radius 1 is 1.18 bits per heavy atom. The van der Waals surface area contributed by atoms with Crippen LogP contribution in [0.2, 0.25) is 0 Å². The Bertz CT molecular complexity index is 526. The molecule has 0 aliphatic carbocycles. The lowest BCUT2D eigenvalue weighted by molar-refractivity contribution is 0.397. The van der Waals surface area contributed by atoms with Gasteiger partial charge in [-0.3, -0.25) is 4.98 Å². The molecule has 2 rings (SSSR count). The molecule has 4 nitrogen and oxygen atoms in total. The number of fused-ring (bicyclic) bond motifs is 1. The molecular formula is C13H16N2O2. The van der Waals surface area contributed by atoms with Crippen LogP contribution in [0.15, 0.2) is 24.4 Å².